The highest BCUT2D eigenvalue weighted by Gasteiger charge is 2.08. The van der Waals surface area contributed by atoms with Crippen molar-refractivity contribution in [3.05, 3.63) is 33.8 Å². The Hall–Kier alpha value is -0.870. The predicted octanol–water partition coefficient (Wildman–Crippen LogP) is 2.77. The largest absolute Gasteiger partial charge is 0.462 e. The van der Waals surface area contributed by atoms with Crippen molar-refractivity contribution in [1.82, 2.24) is 0 Å². The SMILES string of the molecule is CCOC(=O)c1ccc(COC)c(Br)c1. The van der Waals surface area contributed by atoms with E-state index < -0.39 is 0 Å². The molecule has 82 valence electrons. The molecule has 0 unspecified atom stereocenters. The summed E-state index contributed by atoms with van der Waals surface area (Å²) in [5.41, 5.74) is 1.55. The molecule has 0 fully saturated rings. The number of carbonyl (C=O) groups is 1. The zero-order valence-electron chi connectivity index (χ0n) is 8.75. The number of benzene rings is 1. The lowest BCUT2D eigenvalue weighted by Gasteiger charge is -2.06. The van der Waals surface area contributed by atoms with Gasteiger partial charge in [-0.3, -0.25) is 0 Å². The number of hydrogen-bond acceptors (Lipinski definition) is 3. The maximum Gasteiger partial charge on any atom is 0.338 e. The Morgan fingerprint density at radius 3 is 2.73 bits per heavy atom. The van der Waals surface area contributed by atoms with Crippen LogP contribution in [0.2, 0.25) is 0 Å². The van der Waals surface area contributed by atoms with Crippen LogP contribution in [-0.4, -0.2) is 19.7 Å². The van der Waals surface area contributed by atoms with E-state index in [0.717, 1.165) is 10.0 Å². The number of methoxy groups -OCH3 is 1. The van der Waals surface area contributed by atoms with Gasteiger partial charge in [-0.05, 0) is 24.6 Å². The standard InChI is InChI=1S/C11H13BrO3/c1-3-15-11(13)8-4-5-9(7-14-2)10(12)6-8/h4-6H,3,7H2,1-2H3. The molecule has 4 heteroatoms. The molecule has 0 atom stereocenters. The van der Waals surface area contributed by atoms with Crippen LogP contribution in [0, 0.1) is 0 Å². The molecule has 0 aromatic heterocycles. The van der Waals surface area contributed by atoms with Crippen LogP contribution in [-0.2, 0) is 16.1 Å². The van der Waals surface area contributed by atoms with Crippen LogP contribution in [0.3, 0.4) is 0 Å². The molecule has 0 N–H and O–H groups in total. The average Bonchev–Trinajstić information content (AvgIpc) is 2.21. The van der Waals surface area contributed by atoms with E-state index in [2.05, 4.69) is 15.9 Å². The predicted molar refractivity (Wildman–Crippen MR) is 60.8 cm³/mol. The summed E-state index contributed by atoms with van der Waals surface area (Å²) in [5, 5.41) is 0. The average molecular weight is 273 g/mol. The van der Waals surface area contributed by atoms with Gasteiger partial charge in [-0.25, -0.2) is 4.79 Å². The first-order valence-electron chi connectivity index (χ1n) is 4.63. The summed E-state index contributed by atoms with van der Waals surface area (Å²) in [4.78, 5) is 11.4. The van der Waals surface area contributed by atoms with Gasteiger partial charge in [-0.15, -0.1) is 0 Å². The minimum Gasteiger partial charge on any atom is -0.462 e. The lowest BCUT2D eigenvalue weighted by Crippen LogP contribution is -2.05. The molecule has 0 amide bonds. The third-order valence-electron chi connectivity index (χ3n) is 1.86. The minimum absolute atomic E-state index is 0.304. The quantitative estimate of drug-likeness (QED) is 0.791. The van der Waals surface area contributed by atoms with Crippen molar-refractivity contribution in [3.8, 4) is 0 Å². The highest BCUT2D eigenvalue weighted by Crippen LogP contribution is 2.19. The molecule has 0 bridgehead atoms. The lowest BCUT2D eigenvalue weighted by atomic mass is 10.1. The number of esters is 1. The van der Waals surface area contributed by atoms with Gasteiger partial charge in [0.1, 0.15) is 0 Å². The van der Waals surface area contributed by atoms with Crippen LogP contribution in [0.15, 0.2) is 22.7 Å². The zero-order valence-corrected chi connectivity index (χ0v) is 10.3. The summed E-state index contributed by atoms with van der Waals surface area (Å²) >= 11 is 3.38. The maximum absolute atomic E-state index is 11.4. The van der Waals surface area contributed by atoms with Crippen molar-refractivity contribution < 1.29 is 14.3 Å². The molecule has 15 heavy (non-hydrogen) atoms. The molecule has 1 rings (SSSR count). The van der Waals surface area contributed by atoms with Crippen LogP contribution < -0.4 is 0 Å². The van der Waals surface area contributed by atoms with Crippen LogP contribution >= 0.6 is 15.9 Å². The van der Waals surface area contributed by atoms with Crippen molar-refractivity contribution in [1.29, 1.82) is 0 Å². The lowest BCUT2D eigenvalue weighted by molar-refractivity contribution is 0.0526. The second-order valence-corrected chi connectivity index (χ2v) is 3.81. The Balaban J connectivity index is 2.86. The van der Waals surface area contributed by atoms with Gasteiger partial charge in [0.2, 0.25) is 0 Å². The highest BCUT2D eigenvalue weighted by molar-refractivity contribution is 9.10. The van der Waals surface area contributed by atoms with Gasteiger partial charge in [0.25, 0.3) is 0 Å². The molecule has 0 saturated carbocycles. The first-order chi connectivity index (χ1) is 7.19. The second-order valence-electron chi connectivity index (χ2n) is 2.96. The molecule has 0 aliphatic heterocycles. The van der Waals surface area contributed by atoms with E-state index in [1.165, 1.54) is 0 Å². The molecule has 0 saturated heterocycles. The Labute approximate surface area is 97.5 Å². The molecular weight excluding hydrogens is 260 g/mol. The van der Waals surface area contributed by atoms with Gasteiger partial charge in [0.15, 0.2) is 0 Å². The molecule has 0 spiro atoms. The van der Waals surface area contributed by atoms with E-state index in [0.29, 0.717) is 18.8 Å². The van der Waals surface area contributed by atoms with Crippen LogP contribution in [0.4, 0.5) is 0 Å². The number of carbonyl (C=O) groups excluding carboxylic acids is 1. The fourth-order valence-corrected chi connectivity index (χ4v) is 1.65. The van der Waals surface area contributed by atoms with Gasteiger partial charge in [-0.1, -0.05) is 22.0 Å². The van der Waals surface area contributed by atoms with E-state index in [-0.39, 0.29) is 5.97 Å². The monoisotopic (exact) mass is 272 g/mol. The first-order valence-corrected chi connectivity index (χ1v) is 5.42. The molecular formula is C11H13BrO3. The number of halogens is 1. The van der Waals surface area contributed by atoms with Crippen molar-refractivity contribution >= 4 is 21.9 Å². The summed E-state index contributed by atoms with van der Waals surface area (Å²) in [6.45, 7) is 2.69. The number of hydrogen-bond donors (Lipinski definition) is 0. The molecule has 0 aliphatic carbocycles. The van der Waals surface area contributed by atoms with Gasteiger partial charge in [-0.2, -0.15) is 0 Å². The molecule has 1 aromatic rings. The summed E-state index contributed by atoms with van der Waals surface area (Å²) in [6, 6.07) is 5.32. The highest BCUT2D eigenvalue weighted by atomic mass is 79.9. The van der Waals surface area contributed by atoms with Crippen LogP contribution in [0.1, 0.15) is 22.8 Å². The van der Waals surface area contributed by atoms with Gasteiger partial charge in [0.05, 0.1) is 18.8 Å². The molecule has 3 nitrogen and oxygen atoms in total. The minimum atomic E-state index is -0.304. The third-order valence-corrected chi connectivity index (χ3v) is 2.60. The Bertz CT molecular complexity index is 350. The Kier molecular flexibility index (Phi) is 4.78. The molecule has 1 aromatic carbocycles. The fraction of sp³-hybridized carbons (Fsp3) is 0.364. The fourth-order valence-electron chi connectivity index (χ4n) is 1.16. The Morgan fingerprint density at radius 1 is 1.47 bits per heavy atom. The summed E-state index contributed by atoms with van der Waals surface area (Å²) in [6.07, 6.45) is 0. The van der Waals surface area contributed by atoms with Gasteiger partial charge >= 0.3 is 5.97 Å². The third kappa shape index (κ3) is 3.32. The van der Waals surface area contributed by atoms with Crippen molar-refractivity contribution in [3.63, 3.8) is 0 Å². The van der Waals surface area contributed by atoms with E-state index in [1.807, 2.05) is 6.07 Å². The maximum atomic E-state index is 11.4. The van der Waals surface area contributed by atoms with Crippen LogP contribution in [0.5, 0.6) is 0 Å². The number of rotatable bonds is 4. The Morgan fingerprint density at radius 2 is 2.20 bits per heavy atom. The summed E-state index contributed by atoms with van der Waals surface area (Å²) in [5.74, 6) is -0.304. The molecule has 0 radical (unpaired) electrons. The van der Waals surface area contributed by atoms with E-state index in [4.69, 9.17) is 9.47 Å². The smallest absolute Gasteiger partial charge is 0.338 e. The topological polar surface area (TPSA) is 35.5 Å². The van der Waals surface area contributed by atoms with Crippen molar-refractivity contribution in [2.75, 3.05) is 13.7 Å². The van der Waals surface area contributed by atoms with E-state index >= 15 is 0 Å². The van der Waals surface area contributed by atoms with Gasteiger partial charge in [0, 0.05) is 11.6 Å². The second kappa shape index (κ2) is 5.88. The molecule has 0 heterocycles. The summed E-state index contributed by atoms with van der Waals surface area (Å²) in [7, 11) is 1.63. The van der Waals surface area contributed by atoms with Crippen molar-refractivity contribution in [2.45, 2.75) is 13.5 Å². The zero-order chi connectivity index (χ0) is 11.3. The van der Waals surface area contributed by atoms with E-state index in [9.17, 15) is 4.79 Å². The normalized spacial score (nSPS) is 10.1. The van der Waals surface area contributed by atoms with Gasteiger partial charge < -0.3 is 9.47 Å². The summed E-state index contributed by atoms with van der Waals surface area (Å²) < 4.78 is 10.8. The van der Waals surface area contributed by atoms with E-state index in [1.54, 1.807) is 26.2 Å². The first kappa shape index (κ1) is 12.2. The number of ether oxygens (including phenoxy) is 2. The molecule has 0 aliphatic rings. The van der Waals surface area contributed by atoms with Crippen LogP contribution in [0.25, 0.3) is 0 Å². The van der Waals surface area contributed by atoms with Crippen molar-refractivity contribution in [2.24, 2.45) is 0 Å².